The van der Waals surface area contributed by atoms with Gasteiger partial charge in [-0.1, -0.05) is 5.16 Å². The van der Waals surface area contributed by atoms with Crippen LogP contribution in [0.5, 0.6) is 0 Å². The van der Waals surface area contributed by atoms with E-state index < -0.39 is 0 Å². The van der Waals surface area contributed by atoms with E-state index in [0.717, 1.165) is 0 Å². The summed E-state index contributed by atoms with van der Waals surface area (Å²) in [6, 6.07) is 0. The van der Waals surface area contributed by atoms with Crippen LogP contribution in [0.3, 0.4) is 0 Å². The molecule has 3 heterocycles. The lowest BCUT2D eigenvalue weighted by Gasteiger charge is -2.07. The third kappa shape index (κ3) is 2.94. The van der Waals surface area contributed by atoms with Gasteiger partial charge in [-0.25, -0.2) is 4.98 Å². The van der Waals surface area contributed by atoms with Crippen molar-refractivity contribution in [3.8, 4) is 5.95 Å². The molecule has 0 unspecified atom stereocenters. The van der Waals surface area contributed by atoms with Gasteiger partial charge in [-0.2, -0.15) is 19.9 Å². The van der Waals surface area contributed by atoms with Crippen LogP contribution in [-0.2, 0) is 6.54 Å². The lowest BCUT2D eigenvalue weighted by molar-refractivity contribution is 0.388. The van der Waals surface area contributed by atoms with E-state index in [9.17, 15) is 0 Å². The molecule has 2 N–H and O–H groups in total. The van der Waals surface area contributed by atoms with E-state index in [4.69, 9.17) is 4.52 Å². The highest BCUT2D eigenvalue weighted by molar-refractivity contribution is 5.37. The normalized spacial score (nSPS) is 10.6. The van der Waals surface area contributed by atoms with E-state index in [2.05, 4.69) is 40.7 Å². The van der Waals surface area contributed by atoms with Gasteiger partial charge >= 0.3 is 0 Å². The van der Waals surface area contributed by atoms with Crippen LogP contribution in [0.4, 0.5) is 11.9 Å². The maximum Gasteiger partial charge on any atom is 0.241 e. The van der Waals surface area contributed by atoms with Crippen LogP contribution in [0.1, 0.15) is 11.7 Å². The minimum atomic E-state index is 0.355. The molecule has 0 radical (unpaired) electrons. The second kappa shape index (κ2) is 5.53. The zero-order valence-electron chi connectivity index (χ0n) is 11.5. The molecule has 21 heavy (non-hydrogen) atoms. The molecule has 108 valence electrons. The minimum Gasteiger partial charge on any atom is -0.357 e. The molecule has 0 aliphatic rings. The monoisotopic (exact) mass is 287 g/mol. The van der Waals surface area contributed by atoms with Crippen LogP contribution in [0.2, 0.25) is 0 Å². The highest BCUT2D eigenvalue weighted by Crippen LogP contribution is 2.09. The smallest absolute Gasteiger partial charge is 0.241 e. The molecule has 3 aromatic heterocycles. The van der Waals surface area contributed by atoms with Gasteiger partial charge in [-0.05, 0) is 0 Å². The molecule has 0 amide bonds. The first-order valence-corrected chi connectivity index (χ1v) is 6.20. The maximum absolute atomic E-state index is 4.90. The fourth-order valence-electron chi connectivity index (χ4n) is 1.62. The Bertz CT molecular complexity index is 721. The van der Waals surface area contributed by atoms with Crippen molar-refractivity contribution >= 4 is 11.9 Å². The minimum absolute atomic E-state index is 0.355. The summed E-state index contributed by atoms with van der Waals surface area (Å²) in [6.07, 6.45) is 5.01. The molecule has 0 aliphatic carbocycles. The standard InChI is InChI=1S/C11H13N9O/c1-7-15-8(19-21-7)5-14-10-16-9(12-2)17-11(18-10)20-4-3-13-6-20/h3-4,6H,5H2,1-2H3,(H2,12,14,16,17,18). The number of aromatic nitrogens is 7. The SMILES string of the molecule is CNc1nc(NCc2noc(C)n2)nc(-n2ccnc2)n1. The average molecular weight is 287 g/mol. The van der Waals surface area contributed by atoms with E-state index in [1.165, 1.54) is 0 Å². The fourth-order valence-corrected chi connectivity index (χ4v) is 1.62. The molecule has 0 saturated heterocycles. The number of rotatable bonds is 5. The molecule has 0 atom stereocenters. The van der Waals surface area contributed by atoms with Gasteiger partial charge in [0.15, 0.2) is 5.82 Å². The molecule has 10 heteroatoms. The zero-order chi connectivity index (χ0) is 14.7. The third-order valence-corrected chi connectivity index (χ3v) is 2.56. The highest BCUT2D eigenvalue weighted by Gasteiger charge is 2.08. The summed E-state index contributed by atoms with van der Waals surface area (Å²) < 4.78 is 6.59. The summed E-state index contributed by atoms with van der Waals surface area (Å²) in [5.41, 5.74) is 0. The van der Waals surface area contributed by atoms with E-state index in [1.54, 1.807) is 37.3 Å². The molecule has 3 aromatic rings. The molecule has 3 rings (SSSR count). The largest absolute Gasteiger partial charge is 0.357 e. The molecule has 10 nitrogen and oxygen atoms in total. The first-order valence-electron chi connectivity index (χ1n) is 6.20. The van der Waals surface area contributed by atoms with E-state index >= 15 is 0 Å². The van der Waals surface area contributed by atoms with Gasteiger partial charge in [0, 0.05) is 26.4 Å². The van der Waals surface area contributed by atoms with Gasteiger partial charge in [0.25, 0.3) is 0 Å². The van der Waals surface area contributed by atoms with E-state index in [0.29, 0.717) is 36.1 Å². The Labute approximate surface area is 119 Å². The second-order valence-electron chi connectivity index (χ2n) is 4.09. The quantitative estimate of drug-likeness (QED) is 0.687. The van der Waals surface area contributed by atoms with Crippen LogP contribution in [0.15, 0.2) is 23.2 Å². The van der Waals surface area contributed by atoms with E-state index in [-0.39, 0.29) is 0 Å². The molecule has 0 aromatic carbocycles. The summed E-state index contributed by atoms with van der Waals surface area (Å²) in [4.78, 5) is 20.8. The topological polar surface area (TPSA) is 119 Å². The van der Waals surface area contributed by atoms with Gasteiger partial charge in [-0.3, -0.25) is 4.57 Å². The van der Waals surface area contributed by atoms with Crippen molar-refractivity contribution in [3.63, 3.8) is 0 Å². The number of hydrogen-bond donors (Lipinski definition) is 2. The van der Waals surface area contributed by atoms with Crippen LogP contribution in [0.25, 0.3) is 5.95 Å². The van der Waals surface area contributed by atoms with Gasteiger partial charge in [0.05, 0.1) is 6.54 Å². The van der Waals surface area contributed by atoms with Crippen LogP contribution < -0.4 is 10.6 Å². The van der Waals surface area contributed by atoms with Crippen molar-refractivity contribution in [1.82, 2.24) is 34.6 Å². The summed E-state index contributed by atoms with van der Waals surface area (Å²) in [6.45, 7) is 2.09. The summed E-state index contributed by atoms with van der Waals surface area (Å²) in [7, 11) is 1.74. The first kappa shape index (κ1) is 13.0. The Morgan fingerprint density at radius 3 is 2.71 bits per heavy atom. The van der Waals surface area contributed by atoms with Crippen molar-refractivity contribution in [2.45, 2.75) is 13.5 Å². The molecular formula is C11H13N9O. The predicted octanol–water partition coefficient (Wildman–Crippen LogP) is 0.403. The van der Waals surface area contributed by atoms with Crippen molar-refractivity contribution in [3.05, 3.63) is 30.4 Å². The molecule has 0 saturated carbocycles. The molecule has 0 aliphatic heterocycles. The Morgan fingerprint density at radius 1 is 1.19 bits per heavy atom. The van der Waals surface area contributed by atoms with Gasteiger partial charge < -0.3 is 15.2 Å². The second-order valence-corrected chi connectivity index (χ2v) is 4.09. The Kier molecular flexibility index (Phi) is 3.41. The number of nitrogens with zero attached hydrogens (tertiary/aromatic N) is 7. The van der Waals surface area contributed by atoms with Crippen molar-refractivity contribution in [2.75, 3.05) is 17.7 Å². The van der Waals surface area contributed by atoms with Gasteiger partial charge in [-0.15, -0.1) is 0 Å². The average Bonchev–Trinajstić information content (AvgIpc) is 3.16. The Balaban J connectivity index is 1.82. The fraction of sp³-hybridized carbons (Fsp3) is 0.273. The van der Waals surface area contributed by atoms with Crippen LogP contribution in [0, 0.1) is 6.92 Å². The molecule has 0 spiro atoms. The van der Waals surface area contributed by atoms with Crippen molar-refractivity contribution < 1.29 is 4.52 Å². The van der Waals surface area contributed by atoms with Crippen molar-refractivity contribution in [2.24, 2.45) is 0 Å². The van der Waals surface area contributed by atoms with Crippen molar-refractivity contribution in [1.29, 1.82) is 0 Å². The molecular weight excluding hydrogens is 274 g/mol. The summed E-state index contributed by atoms with van der Waals surface area (Å²) in [5.74, 6) is 2.35. The number of imidazole rings is 1. The first-order chi connectivity index (χ1) is 10.2. The number of anilines is 2. The van der Waals surface area contributed by atoms with Gasteiger partial charge in [0.2, 0.25) is 23.7 Å². The zero-order valence-corrected chi connectivity index (χ0v) is 11.5. The highest BCUT2D eigenvalue weighted by atomic mass is 16.5. The Morgan fingerprint density at radius 2 is 2.05 bits per heavy atom. The lowest BCUT2D eigenvalue weighted by Crippen LogP contribution is -2.11. The van der Waals surface area contributed by atoms with Crippen LogP contribution >= 0.6 is 0 Å². The number of nitrogens with one attached hydrogen (secondary N) is 2. The van der Waals surface area contributed by atoms with E-state index in [1.807, 2.05) is 0 Å². The number of aryl methyl sites for hydroxylation is 1. The summed E-state index contributed by atoms with van der Waals surface area (Å²) >= 11 is 0. The third-order valence-electron chi connectivity index (χ3n) is 2.56. The lowest BCUT2D eigenvalue weighted by atomic mass is 10.6. The molecule has 0 bridgehead atoms. The van der Waals surface area contributed by atoms with Gasteiger partial charge in [0.1, 0.15) is 6.33 Å². The summed E-state index contributed by atoms with van der Waals surface area (Å²) in [5, 5.41) is 9.71. The molecule has 0 fully saturated rings. The number of hydrogen-bond acceptors (Lipinski definition) is 9. The Hall–Kier alpha value is -3.04. The van der Waals surface area contributed by atoms with Crippen LogP contribution in [-0.4, -0.2) is 41.7 Å². The predicted molar refractivity (Wildman–Crippen MR) is 72.9 cm³/mol. The maximum atomic E-state index is 4.90.